The van der Waals surface area contributed by atoms with Crippen LogP contribution in [0.1, 0.15) is 146 Å². The number of benzene rings is 4. The second-order valence-electron chi connectivity index (χ2n) is 34.0. The maximum atomic E-state index is 14.4. The van der Waals surface area contributed by atoms with Crippen molar-refractivity contribution in [2.24, 2.45) is 11.8 Å². The first-order valence-corrected chi connectivity index (χ1v) is 47.3. The SMILES string of the molecule is CC/C(C)=C\N1C[C@H](O)N(C(=O)OCc2ccc(NC(=O)[C@H](C)NC(=O)[C@@H](NC(=O)CCOCCOCCOCCOCCOCCOCCOCCOCCNC(=O)CCN3C(=O)C=CC3=O)C(C)C)cc2)c2cc(OCCCCCOc3cc4c(cc3OC)C(=O)N3C=C(C)C[C@H]3[C@H](O)N4C(=O)OCc3ccc(NC(=O)[C@H](C)NC(=O)[C@@H](NC(=O)CCOCCOC)C(C)C)cc3)c(OC)cc2C1=O. The molecule has 4 aliphatic heterocycles. The zero-order valence-electron chi connectivity index (χ0n) is 82.4. The van der Waals surface area contributed by atoms with Crippen molar-refractivity contribution in [1.82, 2.24) is 41.3 Å². The van der Waals surface area contributed by atoms with Crippen LogP contribution in [-0.4, -0.2) is 324 Å². The number of β-amino-alcohol motifs (C(OH)–C–C–N with tert-alkyl or cyclic N) is 1. The predicted octanol–water partition coefficient (Wildman–Crippen LogP) is 6.33. The Morgan fingerprint density at radius 2 is 0.879 bits per heavy atom. The molecular weight excluding hydrogens is 1840 g/mol. The summed E-state index contributed by atoms with van der Waals surface area (Å²) in [5, 5.41) is 43.0. The number of hydrogen-bond acceptors (Lipinski definition) is 31. The number of imide groups is 1. The van der Waals surface area contributed by atoms with E-state index in [2.05, 4.69) is 37.2 Å². The molecule has 4 aromatic rings. The van der Waals surface area contributed by atoms with Crippen LogP contribution in [0.3, 0.4) is 0 Å². The molecule has 0 fully saturated rings. The van der Waals surface area contributed by atoms with Gasteiger partial charge < -0.3 is 133 Å². The molecule has 0 aliphatic carbocycles. The van der Waals surface area contributed by atoms with Gasteiger partial charge in [-0.2, -0.15) is 0 Å². The van der Waals surface area contributed by atoms with E-state index in [4.69, 9.17) is 75.8 Å². The predicted molar refractivity (Wildman–Crippen MR) is 512 cm³/mol. The summed E-state index contributed by atoms with van der Waals surface area (Å²) in [6.07, 6.45) is 2.59. The van der Waals surface area contributed by atoms with Crippen molar-refractivity contribution in [3.63, 3.8) is 0 Å². The quantitative estimate of drug-likeness (QED) is 0.0172. The van der Waals surface area contributed by atoms with Crippen LogP contribution in [0.15, 0.2) is 108 Å². The lowest BCUT2D eigenvalue weighted by molar-refractivity contribution is -0.137. The number of hydrogen-bond donors (Lipinski definition) is 9. The molecule has 8 rings (SSSR count). The van der Waals surface area contributed by atoms with Crippen LogP contribution in [0.25, 0.3) is 0 Å². The molecule has 0 spiro atoms. The number of aliphatic hydroxyl groups excluding tert-OH is 2. The van der Waals surface area contributed by atoms with Gasteiger partial charge in [0, 0.05) is 87.5 Å². The van der Waals surface area contributed by atoms with Gasteiger partial charge in [0.05, 0.1) is 188 Å². The fourth-order valence-corrected chi connectivity index (χ4v) is 14.4. The van der Waals surface area contributed by atoms with Gasteiger partial charge in [0.2, 0.25) is 41.4 Å². The number of nitrogens with one attached hydrogen (secondary N) is 7. The van der Waals surface area contributed by atoms with Crippen molar-refractivity contribution in [1.29, 1.82) is 0 Å². The number of methoxy groups -OCH3 is 3. The average Bonchev–Trinajstić information content (AvgIpc) is 1.60. The molecule has 9 N–H and O–H groups in total. The van der Waals surface area contributed by atoms with E-state index in [0.29, 0.717) is 141 Å². The number of ether oxygens (including phenoxy) is 16. The third-order valence-electron chi connectivity index (χ3n) is 22.4. The van der Waals surface area contributed by atoms with Crippen molar-refractivity contribution >= 4 is 99.9 Å². The first kappa shape index (κ1) is 114. The van der Waals surface area contributed by atoms with E-state index in [0.717, 1.165) is 25.8 Å². The summed E-state index contributed by atoms with van der Waals surface area (Å²) in [4.78, 5) is 178. The van der Waals surface area contributed by atoms with Gasteiger partial charge in [-0.25, -0.2) is 19.4 Å². The number of rotatable bonds is 64. The van der Waals surface area contributed by atoms with Crippen molar-refractivity contribution in [3.05, 3.63) is 131 Å². The van der Waals surface area contributed by atoms with Gasteiger partial charge in [-0.3, -0.25) is 57.6 Å². The zero-order chi connectivity index (χ0) is 102. The van der Waals surface area contributed by atoms with Gasteiger partial charge in [-0.05, 0) is 119 Å². The molecule has 0 radical (unpaired) electrons. The number of unbranched alkanes of at least 4 members (excludes halogenated alkanes) is 2. The monoisotopic (exact) mass is 1980 g/mol. The number of carbonyl (C=O) groups is 13. The number of carbonyl (C=O) groups excluding carboxylic acids is 13. The van der Waals surface area contributed by atoms with Crippen molar-refractivity contribution < 1.29 is 148 Å². The fraction of sp³-hybridized carbons (Fsp3) is 0.561. The Bertz CT molecular complexity index is 4850. The normalized spacial score (nSPS) is 16.0. The highest BCUT2D eigenvalue weighted by molar-refractivity contribution is 6.13. The summed E-state index contributed by atoms with van der Waals surface area (Å²) in [5.41, 5.74) is 3.26. The summed E-state index contributed by atoms with van der Waals surface area (Å²) in [6.45, 7) is 21.2. The second kappa shape index (κ2) is 60.8. The van der Waals surface area contributed by atoms with E-state index >= 15 is 0 Å². The Morgan fingerprint density at radius 1 is 0.468 bits per heavy atom. The van der Waals surface area contributed by atoms with E-state index < -0.39 is 114 Å². The van der Waals surface area contributed by atoms with Crippen molar-refractivity contribution in [2.45, 2.75) is 170 Å². The van der Waals surface area contributed by atoms with Crippen molar-refractivity contribution in [2.75, 3.05) is 200 Å². The van der Waals surface area contributed by atoms with E-state index in [1.165, 1.54) is 81.4 Å². The topological polar surface area (TPSA) is 510 Å². The molecular formula is C98H138N12O31. The lowest BCUT2D eigenvalue weighted by Gasteiger charge is -2.31. The zero-order valence-corrected chi connectivity index (χ0v) is 82.4. The van der Waals surface area contributed by atoms with Crippen LogP contribution < -0.4 is 66.0 Å². The van der Waals surface area contributed by atoms with E-state index in [1.54, 1.807) is 95.5 Å². The molecule has 141 heavy (non-hydrogen) atoms. The number of aliphatic hydroxyl groups is 2. The van der Waals surface area contributed by atoms with Crippen LogP contribution in [0.4, 0.5) is 32.3 Å². The van der Waals surface area contributed by atoms with Gasteiger partial charge in [-0.1, -0.05) is 70.0 Å². The average molecular weight is 1980 g/mol. The van der Waals surface area contributed by atoms with Crippen molar-refractivity contribution in [3.8, 4) is 23.0 Å². The molecule has 43 nitrogen and oxygen atoms in total. The molecule has 4 heterocycles. The highest BCUT2D eigenvalue weighted by Crippen LogP contribution is 2.43. The number of nitrogens with zero attached hydrogens (tertiary/aromatic N) is 5. The lowest BCUT2D eigenvalue weighted by atomic mass is 10.0. The van der Waals surface area contributed by atoms with Crippen LogP contribution in [0.5, 0.6) is 23.0 Å². The highest BCUT2D eigenvalue weighted by atomic mass is 16.6. The molecule has 0 bridgehead atoms. The minimum atomic E-state index is -1.63. The molecule has 0 aromatic heterocycles. The molecule has 776 valence electrons. The third kappa shape index (κ3) is 37.3. The number of anilines is 4. The molecule has 7 atom stereocenters. The molecule has 4 aromatic carbocycles. The molecule has 4 aliphatic rings. The Morgan fingerprint density at radius 3 is 1.30 bits per heavy atom. The minimum Gasteiger partial charge on any atom is -0.493 e. The smallest absolute Gasteiger partial charge is 0.416 e. The molecule has 43 heteroatoms. The van der Waals surface area contributed by atoms with E-state index in [1.807, 2.05) is 13.8 Å². The summed E-state index contributed by atoms with van der Waals surface area (Å²) in [6, 6.07) is 13.6. The van der Waals surface area contributed by atoms with Crippen LogP contribution in [0.2, 0.25) is 0 Å². The summed E-state index contributed by atoms with van der Waals surface area (Å²) in [5.74, 6) is -5.30. The molecule has 0 saturated heterocycles. The summed E-state index contributed by atoms with van der Waals surface area (Å²) >= 11 is 0. The first-order valence-electron chi connectivity index (χ1n) is 47.3. The maximum Gasteiger partial charge on any atom is 0.416 e. The van der Waals surface area contributed by atoms with Gasteiger partial charge in [0.1, 0.15) is 37.4 Å². The van der Waals surface area contributed by atoms with Gasteiger partial charge in [0.15, 0.2) is 35.5 Å². The molecule has 0 unspecified atom stereocenters. The van der Waals surface area contributed by atoms with Crippen LogP contribution >= 0.6 is 0 Å². The Hall–Kier alpha value is -12.3. The summed E-state index contributed by atoms with van der Waals surface area (Å²) in [7, 11) is 4.33. The number of fused-ring (bicyclic) bond motifs is 3. The van der Waals surface area contributed by atoms with Gasteiger partial charge >= 0.3 is 12.2 Å². The fourth-order valence-electron chi connectivity index (χ4n) is 14.4. The van der Waals surface area contributed by atoms with Gasteiger partial charge in [-0.15, -0.1) is 0 Å². The Kier molecular flexibility index (Phi) is 49.1. The third-order valence-corrected chi connectivity index (χ3v) is 22.4. The molecule has 13 amide bonds. The first-order chi connectivity index (χ1) is 67.8. The second-order valence-corrected chi connectivity index (χ2v) is 34.0. The Balaban J connectivity index is 0.724. The largest absolute Gasteiger partial charge is 0.493 e. The minimum absolute atomic E-state index is 0.00291. The van der Waals surface area contributed by atoms with E-state index in [9.17, 15) is 72.5 Å². The number of amides is 13. The molecule has 0 saturated carbocycles. The Labute approximate surface area is 821 Å². The highest BCUT2D eigenvalue weighted by Gasteiger charge is 2.46. The van der Waals surface area contributed by atoms with E-state index in [-0.39, 0.29) is 168 Å². The van der Waals surface area contributed by atoms with Crippen LogP contribution in [-0.2, 0) is 113 Å². The maximum absolute atomic E-state index is 14.4. The lowest BCUT2D eigenvalue weighted by Crippen LogP contribution is -2.53. The van der Waals surface area contributed by atoms with Gasteiger partial charge in [0.25, 0.3) is 23.6 Å². The summed E-state index contributed by atoms with van der Waals surface area (Å²) < 4.78 is 90.2. The van der Waals surface area contributed by atoms with Crippen LogP contribution in [0, 0.1) is 11.8 Å². The number of allylic oxidation sites excluding steroid dienone is 1. The standard InChI is InChI=1S/C98H138N12O31/c1-13-65(6)58-106-60-87(116)109(97(124)140-61-69-17-21-71(22-18-69)102-90(117)67(8)101-93(120)89(64(4)5)105-84(113)29-35-130-39-41-132-43-45-134-47-49-136-51-52-137-50-48-135-46-44-133-42-40-131-36-30-99-82(111)27-31-107-85(114)25-26-86(107)115)75-56-80(78(127-11)54-73(75)94(106)121)138-32-15-14-16-33-139-81-57-76-74(55-79(81)128-12)95(122)108-59-66(7)53-77(108)96(123)110(76)98(125)141-62-70-19-23-72(24-20-70)103-91(118)68(9)100-92(119)88(63(2)3)104-83(112)28-34-129-38-37-126-10/h17-26,54-59,63-64,67-68,77,87-89,96,116,123H,13-16,27-53,60-62H2,1-12H3,(H,99,111)(H,100,119)(H,101,120)(H,102,117)(H,103,118)(H,104,112)(H,105,113)/b65-58-/t67-,68-,77-,87-,88-,89-,96-/m0/s1.